The summed E-state index contributed by atoms with van der Waals surface area (Å²) in [5.74, 6) is 0.653. The molecule has 3 aromatic rings. The first-order valence-electron chi connectivity index (χ1n) is 7.83. The zero-order valence-corrected chi connectivity index (χ0v) is 12.6. The minimum absolute atomic E-state index is 0.0699. The Hall–Kier alpha value is -2.42. The van der Waals surface area contributed by atoms with Crippen LogP contribution in [-0.2, 0) is 12.8 Å². The number of hydrogen-bond donors (Lipinski definition) is 1. The van der Waals surface area contributed by atoms with Gasteiger partial charge in [-0.3, -0.25) is 4.79 Å². The first-order valence-corrected chi connectivity index (χ1v) is 7.83. The highest BCUT2D eigenvalue weighted by Gasteiger charge is 2.11. The second kappa shape index (κ2) is 5.09. The lowest BCUT2D eigenvalue weighted by Gasteiger charge is -2.16. The molecule has 0 saturated carbocycles. The average molecular weight is 290 g/mol. The number of aryl methyl sites for hydroxylation is 3. The third-order valence-corrected chi connectivity index (χ3v) is 4.51. The zero-order valence-electron chi connectivity index (χ0n) is 12.6. The van der Waals surface area contributed by atoms with E-state index in [0.717, 1.165) is 11.1 Å². The first-order chi connectivity index (χ1) is 10.7. The van der Waals surface area contributed by atoms with Gasteiger partial charge in [0.05, 0.1) is 10.9 Å². The largest absolute Gasteiger partial charge is 0.310 e. The molecule has 110 valence electrons. The van der Waals surface area contributed by atoms with E-state index >= 15 is 0 Å². The molecule has 0 aliphatic heterocycles. The van der Waals surface area contributed by atoms with Crippen molar-refractivity contribution in [3.63, 3.8) is 0 Å². The molecule has 2 aromatic carbocycles. The van der Waals surface area contributed by atoms with Gasteiger partial charge in [0.1, 0.15) is 5.82 Å². The minimum atomic E-state index is -0.0699. The maximum Gasteiger partial charge on any atom is 0.258 e. The molecular weight excluding hydrogens is 272 g/mol. The van der Waals surface area contributed by atoms with Crippen LogP contribution in [0, 0.1) is 6.92 Å². The fourth-order valence-electron chi connectivity index (χ4n) is 3.35. The van der Waals surface area contributed by atoms with Gasteiger partial charge in [0.15, 0.2) is 0 Å². The van der Waals surface area contributed by atoms with Crippen LogP contribution in [0.3, 0.4) is 0 Å². The van der Waals surface area contributed by atoms with Crippen molar-refractivity contribution in [3.05, 3.63) is 63.7 Å². The van der Waals surface area contributed by atoms with Gasteiger partial charge in [-0.15, -0.1) is 0 Å². The monoisotopic (exact) mass is 290 g/mol. The Labute approximate surface area is 129 Å². The molecule has 0 unspecified atom stereocenters. The molecule has 0 fully saturated rings. The van der Waals surface area contributed by atoms with E-state index in [4.69, 9.17) is 0 Å². The Kier molecular flexibility index (Phi) is 3.07. The maximum atomic E-state index is 11.9. The van der Waals surface area contributed by atoms with Crippen molar-refractivity contribution < 1.29 is 0 Å². The van der Waals surface area contributed by atoms with E-state index in [1.807, 2.05) is 25.1 Å². The summed E-state index contributed by atoms with van der Waals surface area (Å²) in [6.45, 7) is 1.81. The Morgan fingerprint density at radius 3 is 2.55 bits per heavy atom. The average Bonchev–Trinajstić information content (AvgIpc) is 2.53. The predicted octanol–water partition coefficient (Wildman–Crippen LogP) is 3.78. The van der Waals surface area contributed by atoms with Crippen LogP contribution in [0.1, 0.15) is 29.8 Å². The third kappa shape index (κ3) is 2.23. The number of nitrogens with one attached hydrogen (secondary N) is 1. The van der Waals surface area contributed by atoms with E-state index < -0.39 is 0 Å². The summed E-state index contributed by atoms with van der Waals surface area (Å²) in [5, 5.41) is 0.646. The molecule has 1 aliphatic rings. The van der Waals surface area contributed by atoms with Crippen LogP contribution >= 0.6 is 0 Å². The molecule has 0 bridgehead atoms. The molecule has 1 N–H and O–H groups in total. The van der Waals surface area contributed by atoms with Gasteiger partial charge in [0.25, 0.3) is 5.56 Å². The molecule has 22 heavy (non-hydrogen) atoms. The van der Waals surface area contributed by atoms with E-state index in [-0.39, 0.29) is 5.56 Å². The van der Waals surface area contributed by atoms with E-state index in [0.29, 0.717) is 11.2 Å². The number of benzene rings is 2. The smallest absolute Gasteiger partial charge is 0.258 e. The fourth-order valence-corrected chi connectivity index (χ4v) is 3.35. The van der Waals surface area contributed by atoms with Gasteiger partial charge in [-0.1, -0.05) is 24.3 Å². The van der Waals surface area contributed by atoms with Crippen molar-refractivity contribution in [3.8, 4) is 11.1 Å². The van der Waals surface area contributed by atoms with Crippen LogP contribution in [-0.4, -0.2) is 9.97 Å². The second-order valence-electron chi connectivity index (χ2n) is 6.07. The van der Waals surface area contributed by atoms with Crippen LogP contribution in [0.15, 0.2) is 41.2 Å². The first kappa shape index (κ1) is 13.3. The van der Waals surface area contributed by atoms with Crippen molar-refractivity contribution in [1.29, 1.82) is 0 Å². The van der Waals surface area contributed by atoms with Crippen molar-refractivity contribution >= 4 is 10.9 Å². The molecule has 0 radical (unpaired) electrons. The van der Waals surface area contributed by atoms with Crippen LogP contribution in [0.4, 0.5) is 0 Å². The highest BCUT2D eigenvalue weighted by molar-refractivity contribution is 5.83. The number of hydrogen-bond acceptors (Lipinski definition) is 2. The maximum absolute atomic E-state index is 11.9. The number of H-pyrrole nitrogens is 1. The number of rotatable bonds is 1. The molecule has 3 heteroatoms. The van der Waals surface area contributed by atoms with Gasteiger partial charge < -0.3 is 4.98 Å². The van der Waals surface area contributed by atoms with E-state index in [9.17, 15) is 4.79 Å². The van der Waals surface area contributed by atoms with Crippen LogP contribution in [0.5, 0.6) is 0 Å². The number of aromatic amines is 1. The standard InChI is InChI=1S/C19H18N2O/c1-12-20-18-11-16(8-9-17(18)19(22)21-12)15-7-6-13-4-2-3-5-14(13)10-15/h6-11H,2-5H2,1H3,(H,20,21,22). The molecule has 0 amide bonds. The summed E-state index contributed by atoms with van der Waals surface area (Å²) >= 11 is 0. The van der Waals surface area contributed by atoms with Gasteiger partial charge in [-0.05, 0) is 67.0 Å². The minimum Gasteiger partial charge on any atom is -0.310 e. The van der Waals surface area contributed by atoms with Gasteiger partial charge >= 0.3 is 0 Å². The molecule has 0 spiro atoms. The Balaban J connectivity index is 1.85. The highest BCUT2D eigenvalue weighted by Crippen LogP contribution is 2.28. The highest BCUT2D eigenvalue weighted by atomic mass is 16.1. The quantitative estimate of drug-likeness (QED) is 0.741. The van der Waals surface area contributed by atoms with Crippen molar-refractivity contribution in [2.45, 2.75) is 32.6 Å². The van der Waals surface area contributed by atoms with Crippen LogP contribution in [0.25, 0.3) is 22.0 Å². The lowest BCUT2D eigenvalue weighted by atomic mass is 9.89. The predicted molar refractivity (Wildman–Crippen MR) is 89.2 cm³/mol. The van der Waals surface area contributed by atoms with Crippen molar-refractivity contribution in [2.24, 2.45) is 0 Å². The molecular formula is C19H18N2O. The summed E-state index contributed by atoms with van der Waals surface area (Å²) in [4.78, 5) is 19.1. The molecule has 3 nitrogen and oxygen atoms in total. The second-order valence-corrected chi connectivity index (χ2v) is 6.07. The van der Waals surface area contributed by atoms with Crippen molar-refractivity contribution in [2.75, 3.05) is 0 Å². The molecule has 1 heterocycles. The third-order valence-electron chi connectivity index (χ3n) is 4.51. The van der Waals surface area contributed by atoms with Crippen LogP contribution in [0.2, 0.25) is 0 Å². The summed E-state index contributed by atoms with van der Waals surface area (Å²) in [6.07, 6.45) is 4.95. The molecule has 4 rings (SSSR count). The molecule has 0 atom stereocenters. The Morgan fingerprint density at radius 1 is 0.955 bits per heavy atom. The van der Waals surface area contributed by atoms with Gasteiger partial charge in [0, 0.05) is 0 Å². The fraction of sp³-hybridized carbons (Fsp3) is 0.263. The van der Waals surface area contributed by atoms with Gasteiger partial charge in [-0.25, -0.2) is 4.98 Å². The number of nitrogens with zero attached hydrogens (tertiary/aromatic N) is 1. The lowest BCUT2D eigenvalue weighted by molar-refractivity contribution is 0.686. The topological polar surface area (TPSA) is 45.8 Å². The van der Waals surface area contributed by atoms with Gasteiger partial charge in [0.2, 0.25) is 0 Å². The SMILES string of the molecule is Cc1nc2cc(-c3ccc4c(c3)CCCC4)ccc2c(=O)[nH]1. The summed E-state index contributed by atoms with van der Waals surface area (Å²) in [5.41, 5.74) is 5.98. The molecule has 1 aromatic heterocycles. The Bertz CT molecular complexity index is 924. The number of aromatic nitrogens is 2. The summed E-state index contributed by atoms with van der Waals surface area (Å²) < 4.78 is 0. The normalized spacial score (nSPS) is 14.0. The van der Waals surface area contributed by atoms with Crippen molar-refractivity contribution in [1.82, 2.24) is 9.97 Å². The summed E-state index contributed by atoms with van der Waals surface area (Å²) in [6, 6.07) is 12.6. The number of fused-ring (bicyclic) bond motifs is 2. The molecule has 0 saturated heterocycles. The summed E-state index contributed by atoms with van der Waals surface area (Å²) in [7, 11) is 0. The van der Waals surface area contributed by atoms with Crippen LogP contribution < -0.4 is 5.56 Å². The van der Waals surface area contributed by atoms with E-state index in [1.165, 1.54) is 42.4 Å². The van der Waals surface area contributed by atoms with E-state index in [2.05, 4.69) is 28.2 Å². The van der Waals surface area contributed by atoms with Gasteiger partial charge in [-0.2, -0.15) is 0 Å². The Morgan fingerprint density at radius 2 is 1.68 bits per heavy atom. The lowest BCUT2D eigenvalue weighted by Crippen LogP contribution is -2.09. The van der Waals surface area contributed by atoms with E-state index in [1.54, 1.807) is 0 Å². The molecule has 1 aliphatic carbocycles. The zero-order chi connectivity index (χ0) is 15.1.